The van der Waals surface area contributed by atoms with Crippen molar-refractivity contribution in [3.8, 4) is 0 Å². The first-order valence-electron chi connectivity index (χ1n) is 7.50. The third-order valence-corrected chi connectivity index (χ3v) is 3.50. The molecule has 0 heterocycles. The molecule has 7 nitrogen and oxygen atoms in total. The predicted molar refractivity (Wildman–Crippen MR) is 88.8 cm³/mol. The molecule has 7 N–H and O–H groups in total. The fraction of sp³-hybridized carbons (Fsp3) is 0.438. The topological polar surface area (TPSA) is 145 Å². The minimum Gasteiger partial charge on any atom is -0.481 e. The van der Waals surface area contributed by atoms with Gasteiger partial charge < -0.3 is 22.3 Å². The third-order valence-electron chi connectivity index (χ3n) is 3.50. The highest BCUT2D eigenvalue weighted by Gasteiger charge is 2.24. The van der Waals surface area contributed by atoms with Crippen LogP contribution in [0.25, 0.3) is 0 Å². The Morgan fingerprint density at radius 3 is 2.39 bits per heavy atom. The van der Waals surface area contributed by atoms with Crippen LogP contribution < -0.4 is 17.2 Å². The minimum atomic E-state index is -0.991. The second-order valence-electron chi connectivity index (χ2n) is 5.45. The number of ketones is 1. The number of rotatable bonds is 10. The molecule has 0 aliphatic rings. The molecule has 1 aromatic rings. The van der Waals surface area contributed by atoms with Gasteiger partial charge in [0.2, 0.25) is 0 Å². The van der Waals surface area contributed by atoms with Crippen molar-refractivity contribution < 1.29 is 14.7 Å². The normalized spacial score (nSPS) is 13.1. The zero-order chi connectivity index (χ0) is 17.2. The number of carbonyl (C=O) groups is 2. The number of carbonyl (C=O) groups excluding carboxylic acids is 1. The van der Waals surface area contributed by atoms with Gasteiger partial charge in [0.15, 0.2) is 5.96 Å². The molecule has 0 aliphatic heterocycles. The number of aliphatic imine (C=N–C) groups is 1. The summed E-state index contributed by atoms with van der Waals surface area (Å²) in [4.78, 5) is 27.3. The molecule has 7 heteroatoms. The Labute approximate surface area is 135 Å². The van der Waals surface area contributed by atoms with E-state index in [-0.39, 0.29) is 18.2 Å². The van der Waals surface area contributed by atoms with Crippen molar-refractivity contribution >= 4 is 17.7 Å². The average Bonchev–Trinajstić information content (AvgIpc) is 2.51. The van der Waals surface area contributed by atoms with Crippen molar-refractivity contribution in [1.29, 1.82) is 0 Å². The van der Waals surface area contributed by atoms with E-state index in [9.17, 15) is 14.7 Å². The standard InChI is InChI=1S/C16H24N4O3/c17-13(7-4-8-20-16(18)19)14(21)10-12(15(22)23)9-11-5-2-1-3-6-11/h1-3,5-6,12-13H,4,7-10,17H2,(H,22,23)(H4,18,19,20)/t12-,13-/m1/s1. The lowest BCUT2D eigenvalue weighted by molar-refractivity contribution is -0.143. The van der Waals surface area contributed by atoms with Crippen LogP contribution in [0.3, 0.4) is 0 Å². The monoisotopic (exact) mass is 320 g/mol. The van der Waals surface area contributed by atoms with E-state index in [1.807, 2.05) is 30.3 Å². The van der Waals surface area contributed by atoms with E-state index in [4.69, 9.17) is 17.2 Å². The Morgan fingerprint density at radius 2 is 1.83 bits per heavy atom. The van der Waals surface area contributed by atoms with Gasteiger partial charge in [-0.05, 0) is 24.8 Å². The van der Waals surface area contributed by atoms with Crippen molar-refractivity contribution in [2.45, 2.75) is 31.7 Å². The molecule has 0 spiro atoms. The maximum absolute atomic E-state index is 12.1. The Kier molecular flexibility index (Phi) is 7.76. The van der Waals surface area contributed by atoms with Crippen molar-refractivity contribution in [3.63, 3.8) is 0 Å². The summed E-state index contributed by atoms with van der Waals surface area (Å²) in [6, 6.07) is 8.53. The summed E-state index contributed by atoms with van der Waals surface area (Å²) >= 11 is 0. The Morgan fingerprint density at radius 1 is 1.17 bits per heavy atom. The maximum atomic E-state index is 12.1. The summed E-state index contributed by atoms with van der Waals surface area (Å²) in [6.45, 7) is 0.398. The predicted octanol–water partition coefficient (Wildman–Crippen LogP) is 0.270. The highest BCUT2D eigenvalue weighted by Crippen LogP contribution is 2.15. The minimum absolute atomic E-state index is 0.00120. The van der Waals surface area contributed by atoms with Crippen molar-refractivity contribution in [3.05, 3.63) is 35.9 Å². The van der Waals surface area contributed by atoms with Crippen LogP contribution in [0.5, 0.6) is 0 Å². The molecule has 0 bridgehead atoms. The number of benzene rings is 1. The van der Waals surface area contributed by atoms with Crippen LogP contribution in [0, 0.1) is 5.92 Å². The van der Waals surface area contributed by atoms with Gasteiger partial charge in [0, 0.05) is 13.0 Å². The number of Topliss-reactive ketones (excluding diaryl/α,β-unsaturated/α-hetero) is 1. The number of carboxylic acids is 1. The molecule has 0 aliphatic carbocycles. The van der Waals surface area contributed by atoms with Crippen LogP contribution in [0.4, 0.5) is 0 Å². The average molecular weight is 320 g/mol. The summed E-state index contributed by atoms with van der Waals surface area (Å²) in [7, 11) is 0. The molecule has 126 valence electrons. The lowest BCUT2D eigenvalue weighted by Gasteiger charge is -2.15. The molecule has 0 unspecified atom stereocenters. The largest absolute Gasteiger partial charge is 0.481 e. The second-order valence-corrected chi connectivity index (χ2v) is 5.45. The zero-order valence-electron chi connectivity index (χ0n) is 13.0. The van der Waals surface area contributed by atoms with Gasteiger partial charge in [-0.15, -0.1) is 0 Å². The molecule has 0 aromatic heterocycles. The molecule has 1 aromatic carbocycles. The molecule has 0 saturated carbocycles. The van der Waals surface area contributed by atoms with Gasteiger partial charge in [0.1, 0.15) is 5.78 Å². The van der Waals surface area contributed by atoms with E-state index in [1.54, 1.807) is 0 Å². The van der Waals surface area contributed by atoms with Gasteiger partial charge in [-0.1, -0.05) is 30.3 Å². The lowest BCUT2D eigenvalue weighted by atomic mass is 9.91. The highest BCUT2D eigenvalue weighted by molar-refractivity contribution is 5.87. The van der Waals surface area contributed by atoms with Gasteiger partial charge in [-0.3, -0.25) is 14.6 Å². The van der Waals surface area contributed by atoms with E-state index < -0.39 is 17.9 Å². The number of aliphatic carboxylic acids is 1. The van der Waals surface area contributed by atoms with Crippen molar-refractivity contribution in [2.24, 2.45) is 28.1 Å². The first kappa shape index (κ1) is 18.6. The van der Waals surface area contributed by atoms with Gasteiger partial charge in [-0.2, -0.15) is 0 Å². The van der Waals surface area contributed by atoms with Crippen LogP contribution in [0.2, 0.25) is 0 Å². The molecular weight excluding hydrogens is 296 g/mol. The number of nitrogens with two attached hydrogens (primary N) is 3. The van der Waals surface area contributed by atoms with Crippen LogP contribution in [0.15, 0.2) is 35.3 Å². The summed E-state index contributed by atoms with van der Waals surface area (Å²) in [5, 5.41) is 9.30. The summed E-state index contributed by atoms with van der Waals surface area (Å²) in [5.41, 5.74) is 17.1. The van der Waals surface area contributed by atoms with E-state index in [0.29, 0.717) is 25.8 Å². The molecule has 0 fully saturated rings. The number of nitrogens with zero attached hydrogens (tertiary/aromatic N) is 1. The van der Waals surface area contributed by atoms with Crippen molar-refractivity contribution in [1.82, 2.24) is 0 Å². The summed E-state index contributed by atoms with van der Waals surface area (Å²) < 4.78 is 0. The van der Waals surface area contributed by atoms with Gasteiger partial charge >= 0.3 is 5.97 Å². The first-order valence-corrected chi connectivity index (χ1v) is 7.50. The highest BCUT2D eigenvalue weighted by atomic mass is 16.4. The van der Waals surface area contributed by atoms with E-state index in [2.05, 4.69) is 4.99 Å². The molecule has 2 atom stereocenters. The molecular formula is C16H24N4O3. The fourth-order valence-corrected chi connectivity index (χ4v) is 2.22. The second kappa shape index (κ2) is 9.58. The smallest absolute Gasteiger partial charge is 0.307 e. The number of hydrogen-bond donors (Lipinski definition) is 4. The van der Waals surface area contributed by atoms with Crippen LogP contribution >= 0.6 is 0 Å². The molecule has 1 rings (SSSR count). The quantitative estimate of drug-likeness (QED) is 0.276. The maximum Gasteiger partial charge on any atom is 0.307 e. The van der Waals surface area contributed by atoms with Gasteiger partial charge in [0.25, 0.3) is 0 Å². The third kappa shape index (κ3) is 7.42. The Balaban J connectivity index is 2.50. The Bertz CT molecular complexity index is 542. The molecule has 23 heavy (non-hydrogen) atoms. The van der Waals surface area contributed by atoms with E-state index in [0.717, 1.165) is 5.56 Å². The molecule has 0 amide bonds. The number of carboxylic acid groups (broad SMARTS) is 1. The first-order chi connectivity index (χ1) is 10.9. The summed E-state index contributed by atoms with van der Waals surface area (Å²) in [5.74, 6) is -2.01. The van der Waals surface area contributed by atoms with E-state index >= 15 is 0 Å². The SMILES string of the molecule is NC(N)=NCCC[C@@H](N)C(=O)C[C@@H](Cc1ccccc1)C(=O)O. The Hall–Kier alpha value is -2.41. The molecule has 0 saturated heterocycles. The van der Waals surface area contributed by atoms with Crippen LogP contribution in [-0.2, 0) is 16.0 Å². The summed E-state index contributed by atoms with van der Waals surface area (Å²) in [6.07, 6.45) is 1.23. The fourth-order valence-electron chi connectivity index (χ4n) is 2.22. The van der Waals surface area contributed by atoms with Crippen LogP contribution in [-0.4, -0.2) is 35.4 Å². The van der Waals surface area contributed by atoms with E-state index in [1.165, 1.54) is 0 Å². The number of hydrogen-bond acceptors (Lipinski definition) is 4. The number of guanidine groups is 1. The van der Waals surface area contributed by atoms with Gasteiger partial charge in [-0.25, -0.2) is 0 Å². The van der Waals surface area contributed by atoms with Gasteiger partial charge in [0.05, 0.1) is 12.0 Å². The lowest BCUT2D eigenvalue weighted by Crippen LogP contribution is -2.34. The zero-order valence-corrected chi connectivity index (χ0v) is 13.0. The van der Waals surface area contributed by atoms with Crippen LogP contribution in [0.1, 0.15) is 24.8 Å². The molecule has 0 radical (unpaired) electrons. The van der Waals surface area contributed by atoms with Crippen molar-refractivity contribution in [2.75, 3.05) is 6.54 Å².